The van der Waals surface area contributed by atoms with Crippen LogP contribution in [0.3, 0.4) is 0 Å². The average molecular weight is 281 g/mol. The number of benzene rings is 1. The van der Waals surface area contributed by atoms with E-state index < -0.39 is 6.09 Å². The zero-order valence-electron chi connectivity index (χ0n) is 10.7. The first-order valence-electron chi connectivity index (χ1n) is 5.94. The molecule has 1 atom stereocenters. The zero-order valence-corrected chi connectivity index (χ0v) is 11.5. The molecule has 0 spiro atoms. The number of aryl methyl sites for hydroxylation is 1. The van der Waals surface area contributed by atoms with Gasteiger partial charge in [-0.2, -0.15) is 0 Å². The van der Waals surface area contributed by atoms with Crippen molar-refractivity contribution in [3.63, 3.8) is 0 Å². The molecule has 0 aliphatic heterocycles. The Balaban J connectivity index is 0.00000180. The van der Waals surface area contributed by atoms with Crippen molar-refractivity contribution < 1.29 is 9.53 Å². The number of carbonyl (C=O) groups is 1. The van der Waals surface area contributed by atoms with Gasteiger partial charge < -0.3 is 10.1 Å². The lowest BCUT2D eigenvalue weighted by atomic mass is 10.1. The zero-order chi connectivity index (χ0) is 13.0. The van der Waals surface area contributed by atoms with Gasteiger partial charge in [-0.25, -0.2) is 4.79 Å². The maximum atomic E-state index is 11.1. The van der Waals surface area contributed by atoms with Gasteiger partial charge in [-0.1, -0.05) is 12.0 Å². The Bertz CT molecular complexity index is 497. The Labute approximate surface area is 119 Å². The monoisotopic (exact) mass is 280 g/mol. The van der Waals surface area contributed by atoms with Crippen LogP contribution < -0.4 is 15.4 Å². The van der Waals surface area contributed by atoms with Crippen LogP contribution in [0.5, 0.6) is 5.75 Å². The maximum Gasteiger partial charge on any atom is 0.412 e. The van der Waals surface area contributed by atoms with Crippen LogP contribution in [-0.4, -0.2) is 19.7 Å². The molecule has 0 aromatic heterocycles. The third kappa shape index (κ3) is 3.63. The molecule has 1 unspecified atom stereocenters. The quantitative estimate of drug-likeness (QED) is 0.833. The van der Waals surface area contributed by atoms with Crippen molar-refractivity contribution in [2.24, 2.45) is 0 Å². The lowest BCUT2D eigenvalue weighted by Gasteiger charge is -2.12. The van der Waals surface area contributed by atoms with Crippen LogP contribution in [0.15, 0.2) is 18.2 Å². The van der Waals surface area contributed by atoms with Gasteiger partial charge in [0.1, 0.15) is 5.75 Å². The Morgan fingerprint density at radius 2 is 2.37 bits per heavy atom. The predicted octanol–water partition coefficient (Wildman–Crippen LogP) is 2.04. The Hall–Kier alpha value is -1.70. The number of nitrogens with one attached hydrogen (secondary N) is 2. The number of ether oxygens (including phenoxy) is 1. The predicted molar refractivity (Wildman–Crippen MR) is 76.7 cm³/mol. The number of hydrogen-bond donors (Lipinski definition) is 2. The lowest BCUT2D eigenvalue weighted by molar-refractivity contribution is 0.203. The fourth-order valence-corrected chi connectivity index (χ4v) is 2.21. The average Bonchev–Trinajstić information content (AvgIpc) is 2.78. The van der Waals surface area contributed by atoms with E-state index in [0.29, 0.717) is 18.3 Å². The highest BCUT2D eigenvalue weighted by Crippen LogP contribution is 2.33. The van der Waals surface area contributed by atoms with Crippen molar-refractivity contribution in [3.8, 4) is 18.1 Å². The van der Waals surface area contributed by atoms with Crippen molar-refractivity contribution in [2.75, 3.05) is 13.6 Å². The standard InChI is InChI=1S/C14H16N2O2.ClH/c1-3-8-16-13-7-4-10-9-11(5-6-12(10)13)18-14(17)15-2;/h1,5-6,9,13,16H,4,7-8H2,2H3,(H,15,17);1H. The molecule has 102 valence electrons. The molecule has 2 N–H and O–H groups in total. The molecule has 1 aliphatic rings. The summed E-state index contributed by atoms with van der Waals surface area (Å²) in [6.45, 7) is 0.570. The number of hydrogen-bond acceptors (Lipinski definition) is 3. The maximum absolute atomic E-state index is 11.1. The summed E-state index contributed by atoms with van der Waals surface area (Å²) >= 11 is 0. The Kier molecular flexibility index (Phi) is 5.68. The van der Waals surface area contributed by atoms with E-state index in [9.17, 15) is 4.79 Å². The van der Waals surface area contributed by atoms with Gasteiger partial charge in [0.15, 0.2) is 0 Å². The minimum atomic E-state index is -0.449. The molecule has 0 saturated carbocycles. The molecule has 2 rings (SSSR count). The minimum absolute atomic E-state index is 0. The van der Waals surface area contributed by atoms with Crippen LogP contribution in [0.25, 0.3) is 0 Å². The van der Waals surface area contributed by atoms with E-state index in [-0.39, 0.29) is 12.4 Å². The van der Waals surface area contributed by atoms with E-state index in [0.717, 1.165) is 12.8 Å². The summed E-state index contributed by atoms with van der Waals surface area (Å²) in [6, 6.07) is 6.03. The second-order valence-corrected chi connectivity index (χ2v) is 4.18. The summed E-state index contributed by atoms with van der Waals surface area (Å²) in [5, 5.41) is 5.72. The van der Waals surface area contributed by atoms with Crippen LogP contribution >= 0.6 is 12.4 Å². The smallest absolute Gasteiger partial charge is 0.410 e. The van der Waals surface area contributed by atoms with Crippen LogP contribution in [-0.2, 0) is 6.42 Å². The molecular weight excluding hydrogens is 264 g/mol. The fraction of sp³-hybridized carbons (Fsp3) is 0.357. The molecule has 1 aromatic rings. The first kappa shape index (κ1) is 15.4. The first-order chi connectivity index (χ1) is 8.74. The van der Waals surface area contributed by atoms with Crippen molar-refractivity contribution in [2.45, 2.75) is 18.9 Å². The van der Waals surface area contributed by atoms with Gasteiger partial charge in [0.05, 0.1) is 6.54 Å². The van der Waals surface area contributed by atoms with Gasteiger partial charge in [-0.05, 0) is 36.1 Å². The van der Waals surface area contributed by atoms with E-state index in [2.05, 4.69) is 16.6 Å². The lowest BCUT2D eigenvalue weighted by Crippen LogP contribution is -2.22. The Morgan fingerprint density at radius 3 is 3.05 bits per heavy atom. The molecule has 1 aromatic carbocycles. The van der Waals surface area contributed by atoms with Crippen molar-refractivity contribution >= 4 is 18.5 Å². The van der Waals surface area contributed by atoms with E-state index >= 15 is 0 Å². The molecule has 19 heavy (non-hydrogen) atoms. The van der Waals surface area contributed by atoms with Crippen molar-refractivity contribution in [3.05, 3.63) is 29.3 Å². The van der Waals surface area contributed by atoms with E-state index in [4.69, 9.17) is 11.2 Å². The van der Waals surface area contributed by atoms with Gasteiger partial charge in [0.2, 0.25) is 0 Å². The molecule has 0 radical (unpaired) electrons. The largest absolute Gasteiger partial charge is 0.412 e. The highest BCUT2D eigenvalue weighted by atomic mass is 35.5. The van der Waals surface area contributed by atoms with Gasteiger partial charge in [0, 0.05) is 13.1 Å². The number of rotatable bonds is 3. The third-order valence-electron chi connectivity index (χ3n) is 3.06. The van der Waals surface area contributed by atoms with Crippen LogP contribution in [0.2, 0.25) is 0 Å². The number of fused-ring (bicyclic) bond motifs is 1. The van der Waals surface area contributed by atoms with Gasteiger partial charge in [0.25, 0.3) is 0 Å². The third-order valence-corrected chi connectivity index (χ3v) is 3.06. The highest BCUT2D eigenvalue weighted by molar-refractivity contribution is 5.85. The number of terminal acetylenes is 1. The van der Waals surface area contributed by atoms with Gasteiger partial charge in [-0.15, -0.1) is 18.8 Å². The molecule has 1 aliphatic carbocycles. The van der Waals surface area contributed by atoms with E-state index in [1.54, 1.807) is 0 Å². The fourth-order valence-electron chi connectivity index (χ4n) is 2.21. The van der Waals surface area contributed by atoms with Gasteiger partial charge >= 0.3 is 6.09 Å². The number of amides is 1. The summed E-state index contributed by atoms with van der Waals surface area (Å²) in [4.78, 5) is 11.1. The van der Waals surface area contributed by atoms with Gasteiger partial charge in [-0.3, -0.25) is 5.32 Å². The summed E-state index contributed by atoms with van der Waals surface area (Å²) in [5.41, 5.74) is 2.46. The number of carbonyl (C=O) groups excluding carboxylic acids is 1. The molecule has 1 amide bonds. The van der Waals surface area contributed by atoms with Crippen LogP contribution in [0.4, 0.5) is 4.79 Å². The minimum Gasteiger partial charge on any atom is -0.410 e. The topological polar surface area (TPSA) is 50.4 Å². The van der Waals surface area contributed by atoms with Crippen molar-refractivity contribution in [1.29, 1.82) is 0 Å². The summed E-state index contributed by atoms with van der Waals surface area (Å²) in [7, 11) is 1.54. The van der Waals surface area contributed by atoms with Crippen LogP contribution in [0, 0.1) is 12.3 Å². The second-order valence-electron chi connectivity index (χ2n) is 4.18. The molecule has 4 nitrogen and oxygen atoms in total. The second kappa shape index (κ2) is 7.03. The molecule has 0 saturated heterocycles. The van der Waals surface area contributed by atoms with E-state index in [1.165, 1.54) is 18.2 Å². The summed E-state index contributed by atoms with van der Waals surface area (Å²) in [6.07, 6.45) is 6.80. The van der Waals surface area contributed by atoms with Crippen molar-refractivity contribution in [1.82, 2.24) is 10.6 Å². The number of halogens is 1. The van der Waals surface area contributed by atoms with Crippen LogP contribution in [0.1, 0.15) is 23.6 Å². The first-order valence-corrected chi connectivity index (χ1v) is 5.94. The summed E-state index contributed by atoms with van der Waals surface area (Å²) < 4.78 is 5.10. The summed E-state index contributed by atoms with van der Waals surface area (Å²) in [5.74, 6) is 3.16. The normalized spacial score (nSPS) is 15.9. The highest BCUT2D eigenvalue weighted by Gasteiger charge is 2.22. The molecule has 0 bridgehead atoms. The molecular formula is C14H17ClN2O2. The van der Waals surface area contributed by atoms with E-state index in [1.807, 2.05) is 18.2 Å². The SMILES string of the molecule is C#CCNC1CCc2cc(OC(=O)NC)ccc21.Cl. The molecule has 0 fully saturated rings. The Morgan fingerprint density at radius 1 is 1.58 bits per heavy atom. The molecule has 0 heterocycles. The molecule has 5 heteroatoms.